The van der Waals surface area contributed by atoms with E-state index >= 15 is 0 Å². The van der Waals surface area contributed by atoms with Gasteiger partial charge in [-0.3, -0.25) is 28.9 Å². The third-order valence-corrected chi connectivity index (χ3v) is 4.45. The van der Waals surface area contributed by atoms with Gasteiger partial charge in [0.05, 0.1) is 21.3 Å². The van der Waals surface area contributed by atoms with Crippen LogP contribution in [0.4, 0.5) is 0 Å². The molecule has 3 N–H and O–H groups in total. The molecule has 0 aliphatic heterocycles. The van der Waals surface area contributed by atoms with Crippen molar-refractivity contribution in [1.82, 2.24) is 31.4 Å². The number of nitrogens with zero attached hydrogens (tertiary/aromatic N) is 3. The van der Waals surface area contributed by atoms with Crippen molar-refractivity contribution in [3.8, 4) is 18.0 Å². The highest BCUT2D eigenvalue weighted by Gasteiger charge is 2.27. The van der Waals surface area contributed by atoms with Gasteiger partial charge in [0.25, 0.3) is 17.7 Å². The van der Waals surface area contributed by atoms with Crippen molar-refractivity contribution < 1.29 is 43.1 Å². The van der Waals surface area contributed by atoms with Crippen LogP contribution in [-0.4, -0.2) is 72.3 Å². The number of ether oxygens (including phenoxy) is 3. The van der Waals surface area contributed by atoms with Crippen LogP contribution in [0.2, 0.25) is 0 Å². The number of hydrogen-bond acceptors (Lipinski definition) is 12. The lowest BCUT2D eigenvalue weighted by Gasteiger charge is -2.20. The zero-order valence-electron chi connectivity index (χ0n) is 21.5. The molecule has 1 aromatic heterocycles. The van der Waals surface area contributed by atoms with Gasteiger partial charge in [0.1, 0.15) is 0 Å². The van der Waals surface area contributed by atoms with Gasteiger partial charge in [-0.1, -0.05) is 40.0 Å². The van der Waals surface area contributed by atoms with Crippen LogP contribution in [0.15, 0.2) is 0 Å². The van der Waals surface area contributed by atoms with E-state index in [1.165, 1.54) is 21.3 Å². The Balaban J connectivity index is 3.37. The predicted molar refractivity (Wildman–Crippen MR) is 123 cm³/mol. The lowest BCUT2D eigenvalue weighted by molar-refractivity contribution is -0.139. The van der Waals surface area contributed by atoms with Crippen molar-refractivity contribution in [3.05, 3.63) is 0 Å². The normalized spacial score (nSPS) is 13.2. The summed E-state index contributed by atoms with van der Waals surface area (Å²) < 4.78 is 17.1. The molecule has 1 aromatic rings. The third-order valence-electron chi connectivity index (χ3n) is 4.45. The van der Waals surface area contributed by atoms with Crippen molar-refractivity contribution in [2.24, 2.45) is 0 Å². The standard InChI is InChI=1S/C21H36N6O9/c1-7-10-13(16(28)25-31-4)34-19-22-20(35-14(11-8-2)17(29)26-32-5)24-21(23-19)36-15(12-9-3)18(30)27-33-6/h13-15H,7-12H2,1-6H3,(H,25,28)(H,26,29)(H,27,30). The number of amides is 3. The molecule has 3 amide bonds. The molecule has 0 aromatic carbocycles. The second-order valence-electron chi connectivity index (χ2n) is 7.38. The molecule has 15 heteroatoms. The molecule has 0 saturated heterocycles. The lowest BCUT2D eigenvalue weighted by Crippen LogP contribution is -2.39. The number of nitrogens with one attached hydrogen (secondary N) is 3. The Bertz CT molecular complexity index is 712. The molecular weight excluding hydrogens is 480 g/mol. The van der Waals surface area contributed by atoms with Crippen molar-refractivity contribution in [2.45, 2.75) is 77.6 Å². The third kappa shape index (κ3) is 10.5. The average molecular weight is 517 g/mol. The number of hydroxylamine groups is 3. The summed E-state index contributed by atoms with van der Waals surface area (Å²) in [6, 6.07) is -0.946. The molecule has 0 saturated carbocycles. The molecule has 3 unspecified atom stereocenters. The van der Waals surface area contributed by atoms with E-state index in [0.717, 1.165) is 0 Å². The van der Waals surface area contributed by atoms with Crippen LogP contribution in [0.3, 0.4) is 0 Å². The quantitative estimate of drug-likeness (QED) is 0.231. The maximum absolute atomic E-state index is 12.3. The maximum Gasteiger partial charge on any atom is 0.326 e. The Morgan fingerprint density at radius 2 is 0.833 bits per heavy atom. The number of hydrogen-bond donors (Lipinski definition) is 3. The summed E-state index contributed by atoms with van der Waals surface area (Å²) in [4.78, 5) is 63.3. The highest BCUT2D eigenvalue weighted by Crippen LogP contribution is 2.21. The minimum atomic E-state index is -1.01. The van der Waals surface area contributed by atoms with Gasteiger partial charge in [0.2, 0.25) is 0 Å². The molecule has 15 nitrogen and oxygen atoms in total. The van der Waals surface area contributed by atoms with Crippen LogP contribution >= 0.6 is 0 Å². The highest BCUT2D eigenvalue weighted by atomic mass is 16.7. The fraction of sp³-hybridized carbons (Fsp3) is 0.714. The Kier molecular flexibility index (Phi) is 14.7. The highest BCUT2D eigenvalue weighted by molar-refractivity contribution is 5.80. The Morgan fingerprint density at radius 1 is 0.583 bits per heavy atom. The fourth-order valence-corrected chi connectivity index (χ4v) is 2.88. The zero-order valence-corrected chi connectivity index (χ0v) is 21.5. The molecule has 36 heavy (non-hydrogen) atoms. The first kappa shape index (κ1) is 30.7. The first-order chi connectivity index (χ1) is 17.3. The van der Waals surface area contributed by atoms with Crippen LogP contribution in [0.1, 0.15) is 59.3 Å². The van der Waals surface area contributed by atoms with Gasteiger partial charge in [-0.05, 0) is 19.3 Å². The first-order valence-electron chi connectivity index (χ1n) is 11.6. The maximum atomic E-state index is 12.3. The van der Waals surface area contributed by atoms with Gasteiger partial charge < -0.3 is 14.2 Å². The van der Waals surface area contributed by atoms with E-state index in [4.69, 9.17) is 14.2 Å². The molecule has 0 fully saturated rings. The summed E-state index contributed by atoms with van der Waals surface area (Å²) >= 11 is 0. The number of carbonyl (C=O) groups is 3. The van der Waals surface area contributed by atoms with Gasteiger partial charge in [-0.2, -0.15) is 0 Å². The smallest absolute Gasteiger partial charge is 0.326 e. The van der Waals surface area contributed by atoms with Crippen molar-refractivity contribution in [2.75, 3.05) is 21.3 Å². The molecule has 0 radical (unpaired) electrons. The SMILES string of the molecule is CCCC(Oc1nc(OC(CCC)C(=O)NOC)nc(OC(CCC)C(=O)NOC)n1)C(=O)NOC. The summed E-state index contributed by atoms with van der Waals surface area (Å²) in [5, 5.41) is 0. The fourth-order valence-electron chi connectivity index (χ4n) is 2.88. The molecule has 204 valence electrons. The van der Waals surface area contributed by atoms with Gasteiger partial charge >= 0.3 is 18.0 Å². The lowest BCUT2D eigenvalue weighted by atomic mass is 10.2. The van der Waals surface area contributed by atoms with Crippen LogP contribution in [0.25, 0.3) is 0 Å². The van der Waals surface area contributed by atoms with E-state index in [2.05, 4.69) is 45.9 Å². The van der Waals surface area contributed by atoms with E-state index in [1.54, 1.807) is 0 Å². The minimum Gasteiger partial charge on any atom is -0.450 e. The van der Waals surface area contributed by atoms with Crippen LogP contribution in [0, 0.1) is 0 Å². The summed E-state index contributed by atoms with van der Waals surface area (Å²) in [7, 11) is 3.87. The number of carbonyl (C=O) groups excluding carboxylic acids is 3. The van der Waals surface area contributed by atoms with Crippen molar-refractivity contribution >= 4 is 17.7 Å². The van der Waals surface area contributed by atoms with Gasteiger partial charge in [0, 0.05) is 0 Å². The molecule has 0 bridgehead atoms. The monoisotopic (exact) mass is 516 g/mol. The molecule has 0 spiro atoms. The molecule has 1 rings (SSSR count). The van der Waals surface area contributed by atoms with E-state index in [9.17, 15) is 14.4 Å². The molecule has 0 aliphatic carbocycles. The molecule has 3 atom stereocenters. The number of rotatable bonds is 18. The Hall–Kier alpha value is -3.30. The topological polar surface area (TPSA) is 181 Å². The summed E-state index contributed by atoms with van der Waals surface area (Å²) in [5.74, 6) is -1.68. The minimum absolute atomic E-state index is 0.315. The molecule has 0 aliphatic rings. The summed E-state index contributed by atoms with van der Waals surface area (Å²) in [6.45, 7) is 5.58. The molecular formula is C21H36N6O9. The first-order valence-corrected chi connectivity index (χ1v) is 11.6. The predicted octanol–water partition coefficient (Wildman–Crippen LogP) is 0.547. The van der Waals surface area contributed by atoms with Gasteiger partial charge in [-0.25, -0.2) is 16.4 Å². The number of aromatic nitrogens is 3. The van der Waals surface area contributed by atoms with Crippen LogP contribution < -0.4 is 30.7 Å². The second-order valence-corrected chi connectivity index (χ2v) is 7.38. The summed E-state index contributed by atoms with van der Waals surface area (Å²) in [5.41, 5.74) is 6.61. The Morgan fingerprint density at radius 3 is 1.03 bits per heavy atom. The van der Waals surface area contributed by atoms with Crippen LogP contribution in [0.5, 0.6) is 18.0 Å². The second kappa shape index (κ2) is 17.2. The zero-order chi connectivity index (χ0) is 26.9. The average Bonchev–Trinajstić information content (AvgIpc) is 2.83. The summed E-state index contributed by atoms with van der Waals surface area (Å²) in [6.07, 6.45) is -0.274. The van der Waals surface area contributed by atoms with E-state index < -0.39 is 36.0 Å². The van der Waals surface area contributed by atoms with Crippen molar-refractivity contribution in [1.29, 1.82) is 0 Å². The van der Waals surface area contributed by atoms with Gasteiger partial charge in [-0.15, -0.1) is 15.0 Å². The largest absolute Gasteiger partial charge is 0.450 e. The van der Waals surface area contributed by atoms with Gasteiger partial charge in [0.15, 0.2) is 18.3 Å². The molecule has 1 heterocycles. The van der Waals surface area contributed by atoms with E-state index in [-0.39, 0.29) is 18.0 Å². The van der Waals surface area contributed by atoms with Crippen LogP contribution in [-0.2, 0) is 28.9 Å². The van der Waals surface area contributed by atoms with Crippen molar-refractivity contribution in [3.63, 3.8) is 0 Å². The van der Waals surface area contributed by atoms with E-state index in [1.807, 2.05) is 20.8 Å². The van der Waals surface area contributed by atoms with E-state index in [0.29, 0.717) is 38.5 Å². The Labute approximate surface area is 209 Å².